The van der Waals surface area contributed by atoms with Crippen molar-refractivity contribution >= 4 is 33.6 Å². The molecule has 0 heterocycles. The molecule has 1 fully saturated rings. The van der Waals surface area contributed by atoms with Gasteiger partial charge in [-0.05, 0) is 53.4 Å². The van der Waals surface area contributed by atoms with Crippen molar-refractivity contribution in [2.75, 3.05) is 5.32 Å². The third-order valence-electron chi connectivity index (χ3n) is 2.90. The molecular formula is C12H13BrN2O3. The van der Waals surface area contributed by atoms with Crippen molar-refractivity contribution in [3.05, 3.63) is 28.2 Å². The molecule has 0 spiro atoms. The van der Waals surface area contributed by atoms with Crippen LogP contribution in [0.1, 0.15) is 29.6 Å². The Balaban J connectivity index is 2.00. The quantitative estimate of drug-likeness (QED) is 0.803. The van der Waals surface area contributed by atoms with Crippen LogP contribution in [0.25, 0.3) is 0 Å². The standard InChI is InChI=1S/C12H13BrN2O3/c13-9-6-7(11(16)17)4-5-10(9)15-12(18)14-8-2-1-3-8/h4-6,8H,1-3H2,(H,16,17)(H2,14,15,18). The molecule has 1 aliphatic rings. The Kier molecular flexibility index (Phi) is 3.86. The third-order valence-corrected chi connectivity index (χ3v) is 3.56. The molecule has 6 heteroatoms. The fraction of sp³-hybridized carbons (Fsp3) is 0.333. The number of anilines is 1. The molecule has 96 valence electrons. The maximum Gasteiger partial charge on any atom is 0.335 e. The number of aromatic carboxylic acids is 1. The Morgan fingerprint density at radius 2 is 2.06 bits per heavy atom. The van der Waals surface area contributed by atoms with Gasteiger partial charge in [0.15, 0.2) is 0 Å². The molecule has 0 radical (unpaired) electrons. The maximum absolute atomic E-state index is 11.6. The summed E-state index contributed by atoms with van der Waals surface area (Å²) in [6.07, 6.45) is 3.20. The van der Waals surface area contributed by atoms with Gasteiger partial charge < -0.3 is 15.7 Å². The van der Waals surface area contributed by atoms with Crippen LogP contribution in [0.5, 0.6) is 0 Å². The SMILES string of the molecule is O=C(Nc1ccc(C(=O)O)cc1Br)NC1CCC1. The second-order valence-corrected chi connectivity index (χ2v) is 5.08. The highest BCUT2D eigenvalue weighted by Gasteiger charge is 2.19. The molecule has 5 nitrogen and oxygen atoms in total. The molecule has 0 bridgehead atoms. The summed E-state index contributed by atoms with van der Waals surface area (Å²) < 4.78 is 0.547. The van der Waals surface area contributed by atoms with E-state index in [9.17, 15) is 9.59 Å². The van der Waals surface area contributed by atoms with Crippen LogP contribution in [0.4, 0.5) is 10.5 Å². The fourth-order valence-corrected chi connectivity index (χ4v) is 2.12. The Hall–Kier alpha value is -1.56. The first-order valence-corrected chi connectivity index (χ1v) is 6.46. The predicted molar refractivity (Wildman–Crippen MR) is 70.9 cm³/mol. The number of carboxylic acid groups (broad SMARTS) is 1. The Bertz CT molecular complexity index is 486. The number of nitrogens with one attached hydrogen (secondary N) is 2. The average Bonchev–Trinajstić information content (AvgIpc) is 2.26. The lowest BCUT2D eigenvalue weighted by molar-refractivity contribution is 0.0697. The van der Waals surface area contributed by atoms with Crippen LogP contribution in [-0.4, -0.2) is 23.1 Å². The molecule has 0 saturated heterocycles. The molecule has 1 aliphatic carbocycles. The first kappa shape index (κ1) is 12.9. The average molecular weight is 313 g/mol. The number of amides is 2. The minimum atomic E-state index is -0.999. The smallest absolute Gasteiger partial charge is 0.335 e. The van der Waals surface area contributed by atoms with Crippen LogP contribution in [-0.2, 0) is 0 Å². The van der Waals surface area contributed by atoms with Crippen molar-refractivity contribution in [3.8, 4) is 0 Å². The molecule has 0 aliphatic heterocycles. The maximum atomic E-state index is 11.6. The molecule has 0 unspecified atom stereocenters. The lowest BCUT2D eigenvalue weighted by Crippen LogP contribution is -2.41. The Morgan fingerprint density at radius 1 is 1.33 bits per heavy atom. The normalized spacial score (nSPS) is 14.7. The molecule has 18 heavy (non-hydrogen) atoms. The zero-order valence-electron chi connectivity index (χ0n) is 9.57. The zero-order chi connectivity index (χ0) is 13.1. The van der Waals surface area contributed by atoms with Gasteiger partial charge in [0.05, 0.1) is 11.3 Å². The number of carbonyl (C=O) groups is 2. The van der Waals surface area contributed by atoms with Crippen molar-refractivity contribution in [3.63, 3.8) is 0 Å². The molecule has 0 atom stereocenters. The summed E-state index contributed by atoms with van der Waals surface area (Å²) in [6, 6.07) is 4.48. The highest BCUT2D eigenvalue weighted by atomic mass is 79.9. The van der Waals surface area contributed by atoms with Gasteiger partial charge in [-0.2, -0.15) is 0 Å². The van der Waals surface area contributed by atoms with E-state index in [1.807, 2.05) is 0 Å². The van der Waals surface area contributed by atoms with Gasteiger partial charge in [-0.25, -0.2) is 9.59 Å². The number of hydrogen-bond donors (Lipinski definition) is 3. The van der Waals surface area contributed by atoms with Gasteiger partial charge >= 0.3 is 12.0 Å². The van der Waals surface area contributed by atoms with Crippen LogP contribution in [0.15, 0.2) is 22.7 Å². The van der Waals surface area contributed by atoms with Crippen LogP contribution < -0.4 is 10.6 Å². The number of carboxylic acids is 1. The fourth-order valence-electron chi connectivity index (χ4n) is 1.65. The Morgan fingerprint density at radius 3 is 2.56 bits per heavy atom. The third kappa shape index (κ3) is 3.01. The second-order valence-electron chi connectivity index (χ2n) is 4.23. The van der Waals surface area contributed by atoms with E-state index in [0.29, 0.717) is 10.2 Å². The van der Waals surface area contributed by atoms with E-state index >= 15 is 0 Å². The minimum Gasteiger partial charge on any atom is -0.478 e. The van der Waals surface area contributed by atoms with E-state index in [0.717, 1.165) is 19.3 Å². The summed E-state index contributed by atoms with van der Waals surface area (Å²) in [5.74, 6) is -0.999. The van der Waals surface area contributed by atoms with Crippen molar-refractivity contribution in [1.29, 1.82) is 0 Å². The van der Waals surface area contributed by atoms with Crippen molar-refractivity contribution in [2.24, 2.45) is 0 Å². The lowest BCUT2D eigenvalue weighted by Gasteiger charge is -2.26. The van der Waals surface area contributed by atoms with Crippen LogP contribution >= 0.6 is 15.9 Å². The van der Waals surface area contributed by atoms with Crippen molar-refractivity contribution in [1.82, 2.24) is 5.32 Å². The molecule has 1 aromatic rings. The number of urea groups is 1. The number of benzene rings is 1. The summed E-state index contributed by atoms with van der Waals surface area (Å²) in [4.78, 5) is 22.4. The molecular weight excluding hydrogens is 300 g/mol. The molecule has 0 aromatic heterocycles. The zero-order valence-corrected chi connectivity index (χ0v) is 11.2. The number of halogens is 1. The minimum absolute atomic E-state index is 0.173. The van der Waals surface area contributed by atoms with E-state index in [4.69, 9.17) is 5.11 Å². The monoisotopic (exact) mass is 312 g/mol. The van der Waals surface area contributed by atoms with E-state index in [-0.39, 0.29) is 17.6 Å². The van der Waals surface area contributed by atoms with Gasteiger partial charge in [0.1, 0.15) is 0 Å². The van der Waals surface area contributed by atoms with E-state index in [2.05, 4.69) is 26.6 Å². The Labute approximate surface area is 113 Å². The summed E-state index contributed by atoms with van der Waals surface area (Å²) in [6.45, 7) is 0. The van der Waals surface area contributed by atoms with Crippen LogP contribution in [0.3, 0.4) is 0 Å². The first-order valence-electron chi connectivity index (χ1n) is 5.66. The van der Waals surface area contributed by atoms with Gasteiger partial charge in [-0.15, -0.1) is 0 Å². The van der Waals surface area contributed by atoms with E-state index < -0.39 is 5.97 Å². The predicted octanol–water partition coefficient (Wildman–Crippen LogP) is 2.82. The van der Waals surface area contributed by atoms with E-state index in [1.165, 1.54) is 12.1 Å². The largest absolute Gasteiger partial charge is 0.478 e. The number of hydrogen-bond acceptors (Lipinski definition) is 2. The summed E-state index contributed by atoms with van der Waals surface area (Å²) >= 11 is 3.24. The van der Waals surface area contributed by atoms with Crippen LogP contribution in [0, 0.1) is 0 Å². The highest BCUT2D eigenvalue weighted by Crippen LogP contribution is 2.24. The van der Waals surface area contributed by atoms with Gasteiger partial charge in [0.2, 0.25) is 0 Å². The molecule has 1 aromatic carbocycles. The summed E-state index contributed by atoms with van der Waals surface area (Å²) in [5.41, 5.74) is 0.726. The molecule has 2 amide bonds. The summed E-state index contributed by atoms with van der Waals surface area (Å²) in [5, 5.41) is 14.3. The molecule has 1 saturated carbocycles. The van der Waals surface area contributed by atoms with Gasteiger partial charge in [-0.3, -0.25) is 0 Å². The summed E-state index contributed by atoms with van der Waals surface area (Å²) in [7, 11) is 0. The van der Waals surface area contributed by atoms with Gasteiger partial charge in [0.25, 0.3) is 0 Å². The first-order chi connectivity index (χ1) is 8.56. The van der Waals surface area contributed by atoms with Crippen molar-refractivity contribution < 1.29 is 14.7 Å². The molecule has 3 N–H and O–H groups in total. The molecule has 2 rings (SSSR count). The van der Waals surface area contributed by atoms with Gasteiger partial charge in [-0.1, -0.05) is 0 Å². The number of carbonyl (C=O) groups excluding carboxylic acids is 1. The van der Waals surface area contributed by atoms with Gasteiger partial charge in [0, 0.05) is 10.5 Å². The lowest BCUT2D eigenvalue weighted by atomic mass is 9.93. The van der Waals surface area contributed by atoms with Crippen molar-refractivity contribution in [2.45, 2.75) is 25.3 Å². The number of rotatable bonds is 3. The van der Waals surface area contributed by atoms with E-state index in [1.54, 1.807) is 6.07 Å². The topological polar surface area (TPSA) is 78.4 Å². The highest BCUT2D eigenvalue weighted by molar-refractivity contribution is 9.10. The van der Waals surface area contributed by atoms with Crippen LogP contribution in [0.2, 0.25) is 0 Å². The second kappa shape index (κ2) is 5.39.